The summed E-state index contributed by atoms with van der Waals surface area (Å²) in [4.78, 5) is 32.8. The first-order valence-electron chi connectivity index (χ1n) is 8.99. The minimum Gasteiger partial charge on any atom is -0.326 e. The maximum absolute atomic E-state index is 13.0. The van der Waals surface area contributed by atoms with Gasteiger partial charge in [0.25, 0.3) is 0 Å². The van der Waals surface area contributed by atoms with Gasteiger partial charge in [-0.05, 0) is 43.0 Å². The summed E-state index contributed by atoms with van der Waals surface area (Å²) in [7, 11) is 0. The van der Waals surface area contributed by atoms with E-state index in [0.717, 1.165) is 34.1 Å². The van der Waals surface area contributed by atoms with Gasteiger partial charge >= 0.3 is 0 Å². The highest BCUT2D eigenvalue weighted by atomic mass is 32.2. The molecule has 1 aromatic heterocycles. The molecule has 0 saturated heterocycles. The Morgan fingerprint density at radius 1 is 1.33 bits per heavy atom. The lowest BCUT2D eigenvalue weighted by atomic mass is 10.2. The number of nitrogens with zero attached hydrogens (tertiary/aromatic N) is 2. The maximum Gasteiger partial charge on any atom is 0.241 e. The number of carbonyl (C=O) groups excluding carboxylic acids is 2. The number of pyridine rings is 1. The van der Waals surface area contributed by atoms with Crippen LogP contribution in [-0.2, 0) is 9.59 Å². The number of carbonyl (C=O) groups is 2. The largest absolute Gasteiger partial charge is 0.326 e. The Morgan fingerprint density at radius 2 is 2.19 bits per heavy atom. The van der Waals surface area contributed by atoms with E-state index in [9.17, 15) is 9.59 Å². The third-order valence-corrected chi connectivity index (χ3v) is 6.21. The summed E-state index contributed by atoms with van der Waals surface area (Å²) >= 11 is 3.00. The summed E-state index contributed by atoms with van der Waals surface area (Å²) in [5, 5.41) is 3.27. The molecule has 7 heteroatoms. The van der Waals surface area contributed by atoms with Crippen molar-refractivity contribution in [1.29, 1.82) is 0 Å². The van der Waals surface area contributed by atoms with Crippen LogP contribution in [-0.4, -0.2) is 34.8 Å². The van der Waals surface area contributed by atoms with Crippen molar-refractivity contribution in [3.63, 3.8) is 0 Å². The molecule has 1 N–H and O–H groups in total. The SMILES string of the molecule is CCCCN1C(=O)C(CC(=O)Nc2cccc(SC)c2)Sc2ncccc21. The quantitative estimate of drug-likeness (QED) is 0.695. The highest BCUT2D eigenvalue weighted by Crippen LogP contribution is 2.39. The van der Waals surface area contributed by atoms with E-state index in [1.54, 1.807) is 22.9 Å². The molecule has 1 unspecified atom stereocenters. The van der Waals surface area contributed by atoms with E-state index in [4.69, 9.17) is 0 Å². The molecule has 5 nitrogen and oxygen atoms in total. The fraction of sp³-hybridized carbons (Fsp3) is 0.350. The molecular weight excluding hydrogens is 378 g/mol. The van der Waals surface area contributed by atoms with Crippen molar-refractivity contribution in [2.45, 2.75) is 41.4 Å². The van der Waals surface area contributed by atoms with Gasteiger partial charge in [-0.3, -0.25) is 9.59 Å². The van der Waals surface area contributed by atoms with E-state index < -0.39 is 5.25 Å². The van der Waals surface area contributed by atoms with Gasteiger partial charge in [0.05, 0.1) is 10.9 Å². The second kappa shape index (κ2) is 9.28. The molecular formula is C20H23N3O2S2. The molecule has 3 rings (SSSR count). The van der Waals surface area contributed by atoms with Crippen LogP contribution in [0.3, 0.4) is 0 Å². The van der Waals surface area contributed by atoms with Crippen molar-refractivity contribution in [2.24, 2.45) is 0 Å². The Balaban J connectivity index is 1.72. The number of nitrogens with one attached hydrogen (secondary N) is 1. The van der Waals surface area contributed by atoms with Gasteiger partial charge in [0.2, 0.25) is 11.8 Å². The van der Waals surface area contributed by atoms with Crippen molar-refractivity contribution >= 4 is 46.7 Å². The van der Waals surface area contributed by atoms with E-state index >= 15 is 0 Å². The first-order valence-corrected chi connectivity index (χ1v) is 11.1. The zero-order valence-electron chi connectivity index (χ0n) is 15.5. The fourth-order valence-corrected chi connectivity index (χ4v) is 4.53. The molecule has 0 aliphatic carbocycles. The second-order valence-electron chi connectivity index (χ2n) is 6.26. The van der Waals surface area contributed by atoms with E-state index in [1.165, 1.54) is 11.8 Å². The van der Waals surface area contributed by atoms with Crippen LogP contribution in [0.1, 0.15) is 26.2 Å². The zero-order valence-corrected chi connectivity index (χ0v) is 17.1. The molecule has 0 spiro atoms. The Labute approximate surface area is 168 Å². The third-order valence-electron chi connectivity index (χ3n) is 4.30. The number of hydrogen-bond acceptors (Lipinski definition) is 5. The van der Waals surface area contributed by atoms with E-state index in [-0.39, 0.29) is 18.2 Å². The molecule has 2 amide bonds. The van der Waals surface area contributed by atoms with Crippen LogP contribution in [0, 0.1) is 0 Å². The Bertz CT molecular complexity index is 828. The van der Waals surface area contributed by atoms with Crippen molar-refractivity contribution in [3.05, 3.63) is 42.6 Å². The van der Waals surface area contributed by atoms with Crippen molar-refractivity contribution < 1.29 is 9.59 Å². The van der Waals surface area contributed by atoms with Crippen LogP contribution >= 0.6 is 23.5 Å². The third kappa shape index (κ3) is 4.84. The molecule has 0 saturated carbocycles. The fourth-order valence-electron chi connectivity index (χ4n) is 2.91. The van der Waals surface area contributed by atoms with Gasteiger partial charge < -0.3 is 10.2 Å². The molecule has 0 bridgehead atoms. The first-order chi connectivity index (χ1) is 13.1. The van der Waals surface area contributed by atoms with Gasteiger partial charge in [0.15, 0.2) is 0 Å². The van der Waals surface area contributed by atoms with Crippen molar-refractivity contribution in [1.82, 2.24) is 4.98 Å². The highest BCUT2D eigenvalue weighted by Gasteiger charge is 2.35. The molecule has 0 fully saturated rings. The van der Waals surface area contributed by atoms with Gasteiger partial charge in [-0.15, -0.1) is 11.8 Å². The van der Waals surface area contributed by atoms with E-state index in [1.807, 2.05) is 42.7 Å². The second-order valence-corrected chi connectivity index (χ2v) is 8.33. The molecule has 1 aromatic carbocycles. The number of aromatic nitrogens is 1. The lowest BCUT2D eigenvalue weighted by Gasteiger charge is -2.32. The average molecular weight is 402 g/mol. The number of hydrogen-bond donors (Lipinski definition) is 1. The molecule has 2 aromatic rings. The van der Waals surface area contributed by atoms with Crippen molar-refractivity contribution in [2.75, 3.05) is 23.0 Å². The maximum atomic E-state index is 13.0. The zero-order chi connectivity index (χ0) is 19.2. The predicted molar refractivity (Wildman–Crippen MR) is 113 cm³/mol. The minimum atomic E-state index is -0.451. The predicted octanol–water partition coefficient (Wildman–Crippen LogP) is 4.44. The van der Waals surface area contributed by atoms with Gasteiger partial charge in [0.1, 0.15) is 5.03 Å². The number of anilines is 2. The van der Waals surface area contributed by atoms with Crippen molar-refractivity contribution in [3.8, 4) is 0 Å². The molecule has 0 radical (unpaired) electrons. The molecule has 27 heavy (non-hydrogen) atoms. The molecule has 1 aliphatic rings. The minimum absolute atomic E-state index is 0.0121. The van der Waals surface area contributed by atoms with Crippen LogP contribution in [0.5, 0.6) is 0 Å². The summed E-state index contributed by atoms with van der Waals surface area (Å²) in [6.07, 6.45) is 5.78. The summed E-state index contributed by atoms with van der Waals surface area (Å²) in [6, 6.07) is 11.5. The smallest absolute Gasteiger partial charge is 0.241 e. The molecule has 1 atom stereocenters. The van der Waals surface area contributed by atoms with Crippen LogP contribution in [0.4, 0.5) is 11.4 Å². The van der Waals surface area contributed by atoms with Gasteiger partial charge in [-0.2, -0.15) is 0 Å². The van der Waals surface area contributed by atoms with Crippen LogP contribution in [0.2, 0.25) is 0 Å². The van der Waals surface area contributed by atoms with E-state index in [0.29, 0.717) is 6.54 Å². The Kier molecular flexibility index (Phi) is 6.79. The summed E-state index contributed by atoms with van der Waals surface area (Å²) in [5.41, 5.74) is 1.60. The Morgan fingerprint density at radius 3 is 2.96 bits per heavy atom. The average Bonchev–Trinajstić information content (AvgIpc) is 2.68. The highest BCUT2D eigenvalue weighted by molar-refractivity contribution is 8.00. The van der Waals surface area contributed by atoms with Gasteiger partial charge in [-0.1, -0.05) is 31.2 Å². The lowest BCUT2D eigenvalue weighted by molar-refractivity contribution is -0.122. The number of rotatable bonds is 7. The van der Waals surface area contributed by atoms with E-state index in [2.05, 4.69) is 17.2 Å². The van der Waals surface area contributed by atoms with Crippen LogP contribution in [0.15, 0.2) is 52.5 Å². The summed E-state index contributed by atoms with van der Waals surface area (Å²) < 4.78 is 0. The monoisotopic (exact) mass is 401 g/mol. The normalized spacial score (nSPS) is 16.1. The number of thioether (sulfide) groups is 2. The van der Waals surface area contributed by atoms with Crippen LogP contribution < -0.4 is 10.2 Å². The number of unbranched alkanes of at least 4 members (excludes halogenated alkanes) is 1. The summed E-state index contributed by atoms with van der Waals surface area (Å²) in [6.45, 7) is 2.75. The number of amides is 2. The lowest BCUT2D eigenvalue weighted by Crippen LogP contribution is -2.43. The molecule has 2 heterocycles. The number of fused-ring (bicyclic) bond motifs is 1. The Hall–Kier alpha value is -1.99. The molecule has 1 aliphatic heterocycles. The topological polar surface area (TPSA) is 62.3 Å². The van der Waals surface area contributed by atoms with Crippen LogP contribution in [0.25, 0.3) is 0 Å². The summed E-state index contributed by atoms with van der Waals surface area (Å²) in [5.74, 6) is -0.170. The molecule has 142 valence electrons. The van der Waals surface area contributed by atoms with Gasteiger partial charge in [-0.25, -0.2) is 4.98 Å². The first kappa shape index (κ1) is 19.8. The number of benzene rings is 1. The standard InChI is InChI=1S/C20H23N3O2S2/c1-3-4-11-23-16-9-6-10-21-19(16)27-17(20(23)25)13-18(24)22-14-7-5-8-15(12-14)26-2/h5-10,12,17H,3-4,11,13H2,1-2H3,(H,22,24). The van der Waals surface area contributed by atoms with Gasteiger partial charge in [0, 0.05) is 29.7 Å².